The Morgan fingerprint density at radius 1 is 1.50 bits per heavy atom. The van der Waals surface area contributed by atoms with Crippen molar-refractivity contribution in [1.29, 1.82) is 0 Å². The largest absolute Gasteiger partial charge is 0.435 e. The summed E-state index contributed by atoms with van der Waals surface area (Å²) < 4.78 is 38.7. The molecule has 0 aliphatic carbocycles. The monoisotopic (exact) mass is 296 g/mol. The van der Waals surface area contributed by atoms with Gasteiger partial charge in [-0.15, -0.1) is 23.5 Å². The summed E-state index contributed by atoms with van der Waals surface area (Å²) >= 11 is 2.67. The minimum Gasteiger partial charge on any atom is -0.264 e. The van der Waals surface area contributed by atoms with Gasteiger partial charge in [-0.1, -0.05) is 0 Å². The van der Waals surface area contributed by atoms with Crippen molar-refractivity contribution in [2.24, 2.45) is 10.1 Å². The molecule has 0 N–H and O–H groups in total. The molecule has 9 heteroatoms. The second-order valence-corrected chi connectivity index (χ2v) is 4.63. The lowest BCUT2D eigenvalue weighted by molar-refractivity contribution is -0.143. The minimum absolute atomic E-state index is 0.0545. The normalized spacial score (nSPS) is 12.8. The van der Waals surface area contributed by atoms with Gasteiger partial charge in [-0.05, 0) is 12.5 Å². The first-order valence-electron chi connectivity index (χ1n) is 4.65. The molecule has 0 bridgehead atoms. The number of rotatable bonds is 4. The van der Waals surface area contributed by atoms with Crippen molar-refractivity contribution in [3.8, 4) is 0 Å². The fourth-order valence-electron chi connectivity index (χ4n) is 1.18. The average molecular weight is 296 g/mol. The second kappa shape index (κ2) is 6.28. The number of hydrogen-bond acceptors (Lipinski definition) is 5. The Morgan fingerprint density at radius 2 is 2.17 bits per heavy atom. The molecular formula is C9H11F3N4S2. The van der Waals surface area contributed by atoms with E-state index in [1.807, 2.05) is 6.26 Å². The predicted octanol–water partition coefficient (Wildman–Crippen LogP) is 2.80. The van der Waals surface area contributed by atoms with Gasteiger partial charge in [0.05, 0.1) is 12.1 Å². The maximum Gasteiger partial charge on any atom is 0.435 e. The molecule has 1 aromatic rings. The Kier molecular flexibility index (Phi) is 5.27. The third-order valence-corrected chi connectivity index (χ3v) is 2.98. The summed E-state index contributed by atoms with van der Waals surface area (Å²) in [7, 11) is 0. The van der Waals surface area contributed by atoms with Gasteiger partial charge in [0.1, 0.15) is 5.04 Å². The molecule has 0 saturated carbocycles. The van der Waals surface area contributed by atoms with E-state index in [4.69, 9.17) is 0 Å². The quantitative estimate of drug-likeness (QED) is 0.634. The van der Waals surface area contributed by atoms with Gasteiger partial charge in [0, 0.05) is 6.72 Å². The second-order valence-electron chi connectivity index (χ2n) is 3.00. The molecule has 18 heavy (non-hydrogen) atoms. The molecule has 0 radical (unpaired) electrons. The lowest BCUT2D eigenvalue weighted by atomic mass is 10.5. The van der Waals surface area contributed by atoms with Gasteiger partial charge >= 0.3 is 6.18 Å². The average Bonchev–Trinajstić information content (AvgIpc) is 2.73. The lowest BCUT2D eigenvalue weighted by Crippen LogP contribution is -2.14. The number of alkyl halides is 3. The van der Waals surface area contributed by atoms with Crippen molar-refractivity contribution >= 4 is 35.3 Å². The Morgan fingerprint density at radius 3 is 2.61 bits per heavy atom. The number of hydrogen-bond donors (Lipinski definition) is 0. The third-order valence-electron chi connectivity index (χ3n) is 1.89. The van der Waals surface area contributed by atoms with E-state index in [-0.39, 0.29) is 5.82 Å². The molecular weight excluding hydrogens is 285 g/mol. The van der Waals surface area contributed by atoms with Crippen LogP contribution in [0.5, 0.6) is 0 Å². The van der Waals surface area contributed by atoms with Crippen molar-refractivity contribution in [3.05, 3.63) is 17.7 Å². The van der Waals surface area contributed by atoms with Crippen LogP contribution in [0.15, 0.2) is 16.3 Å². The smallest absolute Gasteiger partial charge is 0.264 e. The topological polar surface area (TPSA) is 42.5 Å². The zero-order chi connectivity index (χ0) is 13.8. The highest BCUT2D eigenvalue weighted by Crippen LogP contribution is 2.30. The third kappa shape index (κ3) is 3.29. The van der Waals surface area contributed by atoms with Crippen molar-refractivity contribution in [2.45, 2.75) is 6.18 Å². The van der Waals surface area contributed by atoms with Crippen LogP contribution in [-0.2, 0) is 6.18 Å². The van der Waals surface area contributed by atoms with Crippen LogP contribution in [0.4, 0.5) is 13.2 Å². The zero-order valence-corrected chi connectivity index (χ0v) is 11.4. The Bertz CT molecular complexity index is 453. The highest BCUT2D eigenvalue weighted by Gasteiger charge is 2.36. The molecule has 1 aromatic heterocycles. The highest BCUT2D eigenvalue weighted by atomic mass is 32.2. The van der Waals surface area contributed by atoms with Gasteiger partial charge in [-0.25, -0.2) is 9.66 Å². The Hall–Kier alpha value is -0.960. The van der Waals surface area contributed by atoms with Gasteiger partial charge in [0.15, 0.2) is 11.5 Å². The lowest BCUT2D eigenvalue weighted by Gasteiger charge is -2.08. The molecule has 0 aliphatic rings. The van der Waals surface area contributed by atoms with Crippen molar-refractivity contribution in [1.82, 2.24) is 9.66 Å². The van der Waals surface area contributed by atoms with Gasteiger partial charge in [0.25, 0.3) is 0 Å². The van der Waals surface area contributed by atoms with Gasteiger partial charge in [-0.3, -0.25) is 4.99 Å². The summed E-state index contributed by atoms with van der Waals surface area (Å²) in [6.45, 7) is 3.14. The molecule has 0 amide bonds. The number of aliphatic imine (C=N–C) groups is 1. The molecule has 0 aliphatic heterocycles. The van der Waals surface area contributed by atoms with E-state index in [9.17, 15) is 13.2 Å². The predicted molar refractivity (Wildman–Crippen MR) is 70.6 cm³/mol. The van der Waals surface area contributed by atoms with Crippen molar-refractivity contribution in [2.75, 3.05) is 18.4 Å². The van der Waals surface area contributed by atoms with Gasteiger partial charge < -0.3 is 0 Å². The zero-order valence-electron chi connectivity index (χ0n) is 9.73. The molecule has 1 heterocycles. The number of aromatic nitrogens is 2. The molecule has 0 unspecified atom stereocenters. The molecule has 0 saturated heterocycles. The molecule has 100 valence electrons. The summed E-state index contributed by atoms with van der Waals surface area (Å²) in [6, 6.07) is 0. The van der Waals surface area contributed by atoms with E-state index in [1.165, 1.54) is 23.5 Å². The minimum atomic E-state index is -4.52. The van der Waals surface area contributed by atoms with Crippen LogP contribution in [-0.4, -0.2) is 39.8 Å². The van der Waals surface area contributed by atoms with E-state index in [0.717, 1.165) is 6.20 Å². The summed E-state index contributed by atoms with van der Waals surface area (Å²) in [6.07, 6.45) is -0.223. The summed E-state index contributed by atoms with van der Waals surface area (Å²) in [5, 5.41) is 3.75. The fourth-order valence-corrected chi connectivity index (χ4v) is 2.03. The summed E-state index contributed by atoms with van der Waals surface area (Å²) in [5.74, 6) is 0.500. The Labute approximate surface area is 111 Å². The fraction of sp³-hybridized carbons (Fsp3) is 0.444. The molecule has 4 nitrogen and oxygen atoms in total. The van der Waals surface area contributed by atoms with E-state index < -0.39 is 11.9 Å². The van der Waals surface area contributed by atoms with E-state index in [0.29, 0.717) is 15.6 Å². The highest BCUT2D eigenvalue weighted by molar-refractivity contribution is 8.13. The van der Waals surface area contributed by atoms with E-state index in [2.05, 4.69) is 21.8 Å². The number of nitrogens with zero attached hydrogens (tertiary/aromatic N) is 4. The molecule has 0 fully saturated rings. The number of halogens is 3. The molecule has 0 spiro atoms. The molecule has 1 rings (SSSR count). The van der Waals surface area contributed by atoms with Gasteiger partial charge in [-0.2, -0.15) is 18.3 Å². The SMILES string of the molecule is C=Nn1c(C(F)(F)F)cnc1C(=NCSC)SC. The van der Waals surface area contributed by atoms with Crippen LogP contribution < -0.4 is 0 Å². The Balaban J connectivity index is 3.25. The maximum absolute atomic E-state index is 12.7. The van der Waals surface area contributed by atoms with Crippen LogP contribution >= 0.6 is 23.5 Å². The van der Waals surface area contributed by atoms with E-state index >= 15 is 0 Å². The summed E-state index contributed by atoms with van der Waals surface area (Å²) in [5.41, 5.74) is -0.960. The first-order chi connectivity index (χ1) is 8.45. The van der Waals surface area contributed by atoms with E-state index in [1.54, 1.807) is 6.26 Å². The van der Waals surface area contributed by atoms with Gasteiger partial charge in [0.2, 0.25) is 0 Å². The van der Waals surface area contributed by atoms with Crippen LogP contribution in [0.1, 0.15) is 11.5 Å². The molecule has 0 atom stereocenters. The number of thioether (sulfide) groups is 2. The molecule has 0 aromatic carbocycles. The first-order valence-corrected chi connectivity index (χ1v) is 7.27. The maximum atomic E-state index is 12.7. The van der Waals surface area contributed by atoms with Crippen LogP contribution in [0, 0.1) is 0 Å². The van der Waals surface area contributed by atoms with Crippen LogP contribution in [0.25, 0.3) is 0 Å². The van der Waals surface area contributed by atoms with Crippen LogP contribution in [0.3, 0.4) is 0 Å². The van der Waals surface area contributed by atoms with Crippen molar-refractivity contribution in [3.63, 3.8) is 0 Å². The first kappa shape index (κ1) is 15.1. The standard InChI is InChI=1S/C9H11F3N4S2/c1-13-16-6(9(10,11)12)4-14-7(16)8(18-3)15-5-17-2/h4H,1,5H2,2-3H3. The van der Waals surface area contributed by atoms with Crippen LogP contribution in [0.2, 0.25) is 0 Å². The number of imidazole rings is 1. The van der Waals surface area contributed by atoms with Crippen molar-refractivity contribution < 1.29 is 13.2 Å². The summed E-state index contributed by atoms with van der Waals surface area (Å²) in [4.78, 5) is 7.86.